The zero-order valence-electron chi connectivity index (χ0n) is 19.8. The molecule has 35 heavy (non-hydrogen) atoms. The average molecular weight is 480 g/mol. The van der Waals surface area contributed by atoms with Crippen molar-refractivity contribution in [1.82, 2.24) is 25.2 Å². The van der Waals surface area contributed by atoms with E-state index in [9.17, 15) is 14.4 Å². The van der Waals surface area contributed by atoms with E-state index in [2.05, 4.69) is 27.5 Å². The second-order valence-corrected chi connectivity index (χ2v) is 9.07. The molecule has 0 aliphatic carbocycles. The molecular weight excluding hydrogens is 446 g/mol. The Kier molecular flexibility index (Phi) is 8.20. The fourth-order valence-corrected chi connectivity index (χ4v) is 4.75. The highest BCUT2D eigenvalue weighted by Crippen LogP contribution is 2.24. The molecule has 0 fully saturated rings. The van der Waals surface area contributed by atoms with Gasteiger partial charge in [-0.05, 0) is 36.6 Å². The molecule has 0 radical (unpaired) electrons. The predicted molar refractivity (Wildman–Crippen MR) is 132 cm³/mol. The van der Waals surface area contributed by atoms with Crippen LogP contribution in [0.4, 0.5) is 0 Å². The summed E-state index contributed by atoms with van der Waals surface area (Å²) in [6.45, 7) is 1.47. The third kappa shape index (κ3) is 6.10. The van der Waals surface area contributed by atoms with Crippen LogP contribution in [0, 0.1) is 0 Å². The molecule has 0 saturated carbocycles. The van der Waals surface area contributed by atoms with E-state index < -0.39 is 23.9 Å². The first kappa shape index (κ1) is 24.5. The molecule has 186 valence electrons. The Hall–Kier alpha value is -3.59. The molecule has 2 bridgehead atoms. The van der Waals surface area contributed by atoms with Crippen molar-refractivity contribution in [3.63, 3.8) is 0 Å². The van der Waals surface area contributed by atoms with Gasteiger partial charge in [0.2, 0.25) is 17.7 Å². The van der Waals surface area contributed by atoms with Crippen molar-refractivity contribution in [3.8, 4) is 0 Å². The van der Waals surface area contributed by atoms with E-state index in [0.29, 0.717) is 13.0 Å². The van der Waals surface area contributed by atoms with Crippen LogP contribution in [0.15, 0.2) is 55.0 Å². The van der Waals surface area contributed by atoms with Crippen molar-refractivity contribution in [3.05, 3.63) is 60.6 Å². The molecule has 3 amide bonds. The van der Waals surface area contributed by atoms with Crippen molar-refractivity contribution in [2.24, 2.45) is 0 Å². The molecule has 2 atom stereocenters. The highest BCUT2D eigenvalue weighted by atomic mass is 16.5. The van der Waals surface area contributed by atoms with Gasteiger partial charge in [0.25, 0.3) is 0 Å². The van der Waals surface area contributed by atoms with Gasteiger partial charge in [0.1, 0.15) is 12.1 Å². The van der Waals surface area contributed by atoms with Gasteiger partial charge in [-0.3, -0.25) is 19.6 Å². The van der Waals surface area contributed by atoms with Gasteiger partial charge in [0.15, 0.2) is 0 Å². The van der Waals surface area contributed by atoms with E-state index in [1.54, 1.807) is 34.6 Å². The average Bonchev–Trinajstić information content (AvgIpc) is 3.51. The van der Waals surface area contributed by atoms with E-state index >= 15 is 0 Å². The normalized spacial score (nSPS) is 18.3. The Morgan fingerprint density at radius 2 is 1.80 bits per heavy atom. The number of hydroxylamine groups is 1. The highest BCUT2D eigenvalue weighted by molar-refractivity contribution is 5.92. The number of para-hydroxylation sites is 1. The summed E-state index contributed by atoms with van der Waals surface area (Å²) < 4.78 is 3.83. The Balaban J connectivity index is 1.62. The highest BCUT2D eigenvalue weighted by Gasteiger charge is 2.29. The molecule has 4 rings (SSSR count). The van der Waals surface area contributed by atoms with Crippen molar-refractivity contribution in [1.29, 1.82) is 0 Å². The third-order valence-corrected chi connectivity index (χ3v) is 6.60. The van der Waals surface area contributed by atoms with Gasteiger partial charge in [-0.2, -0.15) is 0 Å². The van der Waals surface area contributed by atoms with Crippen LogP contribution in [0.5, 0.6) is 0 Å². The summed E-state index contributed by atoms with van der Waals surface area (Å²) in [5, 5.41) is 15.9. The molecule has 3 aromatic rings. The van der Waals surface area contributed by atoms with Gasteiger partial charge in [0, 0.05) is 49.0 Å². The van der Waals surface area contributed by atoms with Crippen LogP contribution in [0.1, 0.15) is 50.1 Å². The van der Waals surface area contributed by atoms with Crippen LogP contribution in [0.2, 0.25) is 0 Å². The minimum absolute atomic E-state index is 0.245. The number of nitrogens with one attached hydrogen (secondary N) is 3. The molecule has 1 aromatic carbocycles. The number of carbonyl (C=O) groups is 3. The molecule has 1 aliphatic heterocycles. The molecule has 9 heteroatoms. The van der Waals surface area contributed by atoms with Crippen molar-refractivity contribution in [2.45, 2.75) is 63.6 Å². The summed E-state index contributed by atoms with van der Waals surface area (Å²) in [5.41, 5.74) is 3.70. The minimum atomic E-state index is -0.903. The number of fused-ring (bicyclic) bond motifs is 5. The largest absolute Gasteiger partial charge is 0.354 e. The minimum Gasteiger partial charge on any atom is -0.354 e. The van der Waals surface area contributed by atoms with Gasteiger partial charge in [0.05, 0.1) is 6.42 Å². The second-order valence-electron chi connectivity index (χ2n) is 9.07. The molecule has 9 nitrogen and oxygen atoms in total. The number of benzene rings is 1. The molecular formula is C26H33N5O4. The fourth-order valence-electron chi connectivity index (χ4n) is 4.75. The molecule has 0 spiro atoms. The first-order valence-electron chi connectivity index (χ1n) is 12.3. The number of rotatable bonds is 5. The first-order chi connectivity index (χ1) is 17.1. The maximum absolute atomic E-state index is 13.3. The maximum atomic E-state index is 13.3. The van der Waals surface area contributed by atoms with E-state index in [1.165, 1.54) is 0 Å². The zero-order valence-corrected chi connectivity index (χ0v) is 19.8. The van der Waals surface area contributed by atoms with Crippen LogP contribution >= 0.6 is 0 Å². The van der Waals surface area contributed by atoms with Gasteiger partial charge < -0.3 is 19.8 Å². The number of aryl methyl sites for hydroxylation is 1. The van der Waals surface area contributed by atoms with Crippen LogP contribution < -0.4 is 16.1 Å². The molecule has 2 aromatic heterocycles. The molecule has 3 heterocycles. The zero-order chi connectivity index (χ0) is 24.6. The van der Waals surface area contributed by atoms with Gasteiger partial charge in [-0.15, -0.1) is 0 Å². The Morgan fingerprint density at radius 1 is 1.06 bits per heavy atom. The van der Waals surface area contributed by atoms with Gasteiger partial charge in [-0.25, -0.2) is 5.48 Å². The Labute approximate surface area is 204 Å². The summed E-state index contributed by atoms with van der Waals surface area (Å²) in [6, 6.07) is 9.91. The summed E-state index contributed by atoms with van der Waals surface area (Å²) in [4.78, 5) is 38.4. The second kappa shape index (κ2) is 11.7. The van der Waals surface area contributed by atoms with Crippen LogP contribution in [0.25, 0.3) is 10.9 Å². The lowest BCUT2D eigenvalue weighted by Crippen LogP contribution is -2.50. The van der Waals surface area contributed by atoms with E-state index in [4.69, 9.17) is 5.21 Å². The van der Waals surface area contributed by atoms with E-state index in [-0.39, 0.29) is 12.3 Å². The van der Waals surface area contributed by atoms with Gasteiger partial charge in [-0.1, -0.05) is 37.5 Å². The molecule has 0 saturated heterocycles. The Morgan fingerprint density at radius 3 is 2.60 bits per heavy atom. The number of hydrogen-bond donors (Lipinski definition) is 4. The summed E-state index contributed by atoms with van der Waals surface area (Å²) in [7, 11) is 0. The SMILES string of the molecule is O=C(C[C@H](C(=O)N[C@H]1Cc2cn(c3ccccc23)CCCCCCCNC1=O)n1cccc1)NO. The maximum Gasteiger partial charge on any atom is 0.245 e. The number of hydrogen-bond acceptors (Lipinski definition) is 4. The lowest BCUT2D eigenvalue weighted by Gasteiger charge is -2.23. The fraction of sp³-hybridized carbons (Fsp3) is 0.423. The molecule has 0 unspecified atom stereocenters. The number of amides is 3. The lowest BCUT2D eigenvalue weighted by atomic mass is 10.0. The van der Waals surface area contributed by atoms with Crippen molar-refractivity contribution >= 4 is 28.6 Å². The summed E-state index contributed by atoms with van der Waals surface area (Å²) in [5.74, 6) is -1.39. The lowest BCUT2D eigenvalue weighted by molar-refractivity contribution is -0.135. The predicted octanol–water partition coefficient (Wildman–Crippen LogP) is 2.69. The quantitative estimate of drug-likeness (QED) is 0.332. The summed E-state index contributed by atoms with van der Waals surface area (Å²) >= 11 is 0. The summed E-state index contributed by atoms with van der Waals surface area (Å²) in [6.07, 6.45) is 10.8. The smallest absolute Gasteiger partial charge is 0.245 e. The third-order valence-electron chi connectivity index (χ3n) is 6.60. The monoisotopic (exact) mass is 479 g/mol. The Bertz CT molecular complexity index is 1150. The number of aromatic nitrogens is 2. The van der Waals surface area contributed by atoms with Crippen LogP contribution in [0.3, 0.4) is 0 Å². The number of carbonyl (C=O) groups excluding carboxylic acids is 3. The number of nitrogens with zero attached hydrogens (tertiary/aromatic N) is 2. The van der Waals surface area contributed by atoms with E-state index in [0.717, 1.165) is 55.1 Å². The molecule has 4 N–H and O–H groups in total. The standard InChI is InChI=1S/C26H33N5O4/c32-24(29-35)17-23(30-13-8-9-14-30)26(34)28-21-16-19-18-31(22-11-5-4-10-20(19)22)15-7-3-1-2-6-12-27-25(21)33/h4-5,8-11,13-14,18,21,23,35H,1-3,6-7,12,15-17H2,(H,27,33)(H,28,34)(H,29,32)/t21-,23+/m0/s1. The van der Waals surface area contributed by atoms with Crippen LogP contribution in [-0.2, 0) is 27.3 Å². The van der Waals surface area contributed by atoms with Crippen molar-refractivity contribution < 1.29 is 19.6 Å². The van der Waals surface area contributed by atoms with Gasteiger partial charge >= 0.3 is 0 Å². The van der Waals surface area contributed by atoms with Crippen molar-refractivity contribution in [2.75, 3.05) is 6.54 Å². The topological polar surface area (TPSA) is 117 Å². The van der Waals surface area contributed by atoms with Crippen LogP contribution in [-0.4, -0.2) is 44.6 Å². The first-order valence-corrected chi connectivity index (χ1v) is 12.3. The molecule has 1 aliphatic rings. The van der Waals surface area contributed by atoms with E-state index in [1.807, 2.05) is 18.2 Å².